The number of rotatable bonds is 3. The smallest absolute Gasteiger partial charge is 0.105 e. The summed E-state index contributed by atoms with van der Waals surface area (Å²) >= 11 is 0. The number of ether oxygens (including phenoxy) is 1. The number of allylic oxidation sites excluding steroid dienone is 2. The largest absolute Gasteiger partial charge is 0.498 e. The van der Waals surface area contributed by atoms with Gasteiger partial charge in [-0.25, -0.2) is 0 Å². The molecule has 0 aromatic carbocycles. The van der Waals surface area contributed by atoms with Crippen molar-refractivity contribution in [2.45, 2.75) is 45.4 Å². The molecule has 0 aromatic rings. The molecule has 0 bridgehead atoms. The van der Waals surface area contributed by atoms with Gasteiger partial charge in [0.1, 0.15) is 5.76 Å². The summed E-state index contributed by atoms with van der Waals surface area (Å²) in [7, 11) is 0. The number of hydrogen-bond donors (Lipinski definition) is 0. The van der Waals surface area contributed by atoms with Gasteiger partial charge in [-0.05, 0) is 50.7 Å². The fourth-order valence-corrected chi connectivity index (χ4v) is 3.52. The van der Waals surface area contributed by atoms with Crippen molar-refractivity contribution in [1.82, 2.24) is 4.90 Å². The summed E-state index contributed by atoms with van der Waals surface area (Å²) in [5.74, 6) is 1.88. The van der Waals surface area contributed by atoms with Crippen LogP contribution in [-0.2, 0) is 4.74 Å². The van der Waals surface area contributed by atoms with Crippen molar-refractivity contribution in [3.8, 4) is 0 Å². The number of nitrogens with zero attached hydrogens (tertiary/aromatic N) is 1. The first-order valence-electron chi connectivity index (χ1n) is 7.22. The Kier molecular flexibility index (Phi) is 3.13. The SMILES string of the molecule is CCOC1=CC(N2CCCC2)=C2CCCC[C@@H]12. The standard InChI is InChI=1S/C15H23NO/c1-2-17-15-11-14(16-9-5-6-10-16)12-7-3-4-8-13(12)15/h11,13H,2-10H2,1H3/t13-/m1/s1. The molecule has 17 heavy (non-hydrogen) atoms. The number of hydrogen-bond acceptors (Lipinski definition) is 2. The summed E-state index contributed by atoms with van der Waals surface area (Å²) in [6.07, 6.45) is 10.4. The van der Waals surface area contributed by atoms with Gasteiger partial charge >= 0.3 is 0 Å². The van der Waals surface area contributed by atoms with E-state index in [1.807, 2.05) is 0 Å². The summed E-state index contributed by atoms with van der Waals surface area (Å²) in [4.78, 5) is 2.58. The Bertz CT molecular complexity index is 350. The molecular weight excluding hydrogens is 210 g/mol. The lowest BCUT2D eigenvalue weighted by atomic mass is 9.85. The molecular formula is C15H23NO. The highest BCUT2D eigenvalue weighted by Crippen LogP contribution is 2.43. The highest BCUT2D eigenvalue weighted by atomic mass is 16.5. The second kappa shape index (κ2) is 4.75. The summed E-state index contributed by atoms with van der Waals surface area (Å²) in [5, 5.41) is 0. The number of likely N-dealkylation sites (tertiary alicyclic amines) is 1. The van der Waals surface area contributed by atoms with Crippen LogP contribution in [0.1, 0.15) is 45.4 Å². The van der Waals surface area contributed by atoms with Crippen molar-refractivity contribution in [2.24, 2.45) is 5.92 Å². The topological polar surface area (TPSA) is 12.5 Å². The minimum absolute atomic E-state index is 0.624. The summed E-state index contributed by atoms with van der Waals surface area (Å²) in [6, 6.07) is 0. The Labute approximate surface area is 104 Å². The van der Waals surface area contributed by atoms with Crippen molar-refractivity contribution in [2.75, 3.05) is 19.7 Å². The van der Waals surface area contributed by atoms with Crippen LogP contribution >= 0.6 is 0 Å². The molecule has 0 unspecified atom stereocenters. The highest BCUT2D eigenvalue weighted by Gasteiger charge is 2.33. The maximum Gasteiger partial charge on any atom is 0.105 e. The first-order valence-corrected chi connectivity index (χ1v) is 7.22. The monoisotopic (exact) mass is 233 g/mol. The van der Waals surface area contributed by atoms with E-state index in [1.165, 1.54) is 63.1 Å². The van der Waals surface area contributed by atoms with Crippen LogP contribution in [0.2, 0.25) is 0 Å². The second-order valence-corrected chi connectivity index (χ2v) is 5.38. The summed E-state index contributed by atoms with van der Waals surface area (Å²) in [6.45, 7) is 5.41. The second-order valence-electron chi connectivity index (χ2n) is 5.38. The quantitative estimate of drug-likeness (QED) is 0.740. The van der Waals surface area contributed by atoms with Crippen LogP contribution in [0.15, 0.2) is 23.1 Å². The van der Waals surface area contributed by atoms with Gasteiger partial charge in [-0.3, -0.25) is 0 Å². The van der Waals surface area contributed by atoms with Crippen LogP contribution in [0, 0.1) is 5.92 Å². The molecule has 94 valence electrons. The lowest BCUT2D eigenvalue weighted by molar-refractivity contribution is 0.194. The van der Waals surface area contributed by atoms with Gasteiger partial charge in [0.15, 0.2) is 0 Å². The minimum atomic E-state index is 0.624. The zero-order chi connectivity index (χ0) is 11.7. The van der Waals surface area contributed by atoms with Crippen LogP contribution < -0.4 is 0 Å². The molecule has 2 fully saturated rings. The number of fused-ring (bicyclic) bond motifs is 1. The normalized spacial score (nSPS) is 28.4. The van der Waals surface area contributed by atoms with Crippen molar-refractivity contribution < 1.29 is 4.74 Å². The van der Waals surface area contributed by atoms with E-state index < -0.39 is 0 Å². The zero-order valence-electron chi connectivity index (χ0n) is 10.9. The van der Waals surface area contributed by atoms with Crippen molar-refractivity contribution >= 4 is 0 Å². The zero-order valence-corrected chi connectivity index (χ0v) is 10.9. The molecule has 0 spiro atoms. The molecule has 1 saturated heterocycles. The van der Waals surface area contributed by atoms with Crippen molar-refractivity contribution in [1.29, 1.82) is 0 Å². The molecule has 0 radical (unpaired) electrons. The highest BCUT2D eigenvalue weighted by molar-refractivity contribution is 5.40. The van der Waals surface area contributed by atoms with Crippen LogP contribution in [0.25, 0.3) is 0 Å². The van der Waals surface area contributed by atoms with Crippen molar-refractivity contribution in [3.63, 3.8) is 0 Å². The molecule has 3 rings (SSSR count). The fourth-order valence-electron chi connectivity index (χ4n) is 3.52. The fraction of sp³-hybridized carbons (Fsp3) is 0.733. The Hall–Kier alpha value is -0.920. The van der Waals surface area contributed by atoms with Crippen LogP contribution in [0.3, 0.4) is 0 Å². The molecule has 1 atom stereocenters. The molecule has 3 aliphatic rings. The van der Waals surface area contributed by atoms with Crippen LogP contribution in [-0.4, -0.2) is 24.6 Å². The first-order chi connectivity index (χ1) is 8.40. The molecule has 1 saturated carbocycles. The van der Waals surface area contributed by atoms with Gasteiger partial charge < -0.3 is 9.64 Å². The van der Waals surface area contributed by atoms with E-state index >= 15 is 0 Å². The third kappa shape index (κ3) is 1.98. The van der Waals surface area contributed by atoms with E-state index in [4.69, 9.17) is 4.74 Å². The van der Waals surface area contributed by atoms with E-state index in [0.29, 0.717) is 5.92 Å². The van der Waals surface area contributed by atoms with Gasteiger partial charge in [-0.1, -0.05) is 6.42 Å². The molecule has 0 aromatic heterocycles. The molecule has 1 heterocycles. The summed E-state index contributed by atoms with van der Waals surface area (Å²) < 4.78 is 5.85. The van der Waals surface area contributed by atoms with Crippen LogP contribution in [0.5, 0.6) is 0 Å². The van der Waals surface area contributed by atoms with Gasteiger partial charge in [0, 0.05) is 24.7 Å². The van der Waals surface area contributed by atoms with Gasteiger partial charge in [0.05, 0.1) is 6.61 Å². The van der Waals surface area contributed by atoms with E-state index in [2.05, 4.69) is 17.9 Å². The molecule has 2 nitrogen and oxygen atoms in total. The van der Waals surface area contributed by atoms with E-state index in [-0.39, 0.29) is 0 Å². The Balaban J connectivity index is 1.86. The first kappa shape index (κ1) is 11.2. The third-order valence-electron chi connectivity index (χ3n) is 4.32. The van der Waals surface area contributed by atoms with Gasteiger partial charge in [-0.15, -0.1) is 0 Å². The average Bonchev–Trinajstić information content (AvgIpc) is 2.97. The summed E-state index contributed by atoms with van der Waals surface area (Å²) in [5.41, 5.74) is 3.21. The van der Waals surface area contributed by atoms with E-state index in [9.17, 15) is 0 Å². The van der Waals surface area contributed by atoms with Gasteiger partial charge in [0.2, 0.25) is 0 Å². The molecule has 1 aliphatic heterocycles. The molecule has 0 amide bonds. The van der Waals surface area contributed by atoms with Crippen LogP contribution in [0.4, 0.5) is 0 Å². The lowest BCUT2D eigenvalue weighted by Crippen LogP contribution is -2.19. The Morgan fingerprint density at radius 1 is 1.24 bits per heavy atom. The van der Waals surface area contributed by atoms with E-state index in [1.54, 1.807) is 5.57 Å². The third-order valence-corrected chi connectivity index (χ3v) is 4.32. The maximum atomic E-state index is 5.85. The Morgan fingerprint density at radius 3 is 2.82 bits per heavy atom. The lowest BCUT2D eigenvalue weighted by Gasteiger charge is -2.26. The Morgan fingerprint density at radius 2 is 2.06 bits per heavy atom. The van der Waals surface area contributed by atoms with E-state index in [0.717, 1.165) is 6.61 Å². The molecule has 2 heteroatoms. The van der Waals surface area contributed by atoms with Gasteiger partial charge in [-0.2, -0.15) is 0 Å². The predicted molar refractivity (Wildman–Crippen MR) is 69.5 cm³/mol. The predicted octanol–water partition coefficient (Wildman–Crippen LogP) is 3.46. The molecule has 0 N–H and O–H groups in total. The average molecular weight is 233 g/mol. The maximum absolute atomic E-state index is 5.85. The molecule has 2 aliphatic carbocycles. The minimum Gasteiger partial charge on any atom is -0.498 e. The van der Waals surface area contributed by atoms with Gasteiger partial charge in [0.25, 0.3) is 0 Å². The van der Waals surface area contributed by atoms with Crippen molar-refractivity contribution in [3.05, 3.63) is 23.1 Å².